The second-order valence-corrected chi connectivity index (χ2v) is 7.49. The van der Waals surface area contributed by atoms with Gasteiger partial charge < -0.3 is 9.64 Å². The Labute approximate surface area is 162 Å². The monoisotopic (exact) mass is 357 g/mol. The third-order valence-corrected chi connectivity index (χ3v) is 5.51. The fourth-order valence-electron chi connectivity index (χ4n) is 3.86. The van der Waals surface area contributed by atoms with Crippen LogP contribution in [-0.4, -0.2) is 12.1 Å². The van der Waals surface area contributed by atoms with Gasteiger partial charge in [-0.25, -0.2) is 0 Å². The molecule has 0 bridgehead atoms. The minimum Gasteiger partial charge on any atom is -0.373 e. The van der Waals surface area contributed by atoms with Gasteiger partial charge in [0.2, 0.25) is 0 Å². The largest absolute Gasteiger partial charge is 0.373 e. The van der Waals surface area contributed by atoms with E-state index in [0.29, 0.717) is 18.8 Å². The Balaban J connectivity index is 1.50. The van der Waals surface area contributed by atoms with E-state index in [2.05, 4.69) is 91.5 Å². The van der Waals surface area contributed by atoms with Crippen molar-refractivity contribution in [1.82, 2.24) is 0 Å². The Morgan fingerprint density at radius 3 is 1.81 bits per heavy atom. The van der Waals surface area contributed by atoms with E-state index < -0.39 is 0 Å². The third-order valence-electron chi connectivity index (χ3n) is 5.51. The molecule has 3 aromatic rings. The molecule has 1 aliphatic carbocycles. The zero-order valence-corrected chi connectivity index (χ0v) is 16.1. The lowest BCUT2D eigenvalue weighted by atomic mass is 9.86. The third kappa shape index (κ3) is 3.91. The van der Waals surface area contributed by atoms with Crippen molar-refractivity contribution in [3.63, 3.8) is 0 Å². The minimum atomic E-state index is 0.339. The van der Waals surface area contributed by atoms with Crippen molar-refractivity contribution in [2.45, 2.75) is 45.4 Å². The molecule has 1 fully saturated rings. The van der Waals surface area contributed by atoms with E-state index in [0.717, 1.165) is 12.8 Å². The van der Waals surface area contributed by atoms with E-state index in [-0.39, 0.29) is 0 Å². The van der Waals surface area contributed by atoms with Crippen molar-refractivity contribution in [3.05, 3.63) is 95.6 Å². The Kier molecular flexibility index (Phi) is 5.26. The number of para-hydroxylation sites is 2. The van der Waals surface area contributed by atoms with Crippen LogP contribution in [0.15, 0.2) is 78.9 Å². The molecule has 1 saturated carbocycles. The summed E-state index contributed by atoms with van der Waals surface area (Å²) in [5, 5.41) is 0. The highest BCUT2D eigenvalue weighted by molar-refractivity contribution is 5.70. The van der Waals surface area contributed by atoms with Crippen LogP contribution in [0, 0.1) is 13.8 Å². The lowest BCUT2D eigenvalue weighted by Gasteiger charge is -2.45. The smallest absolute Gasteiger partial charge is 0.0720 e. The molecule has 4 rings (SSSR count). The van der Waals surface area contributed by atoms with Crippen LogP contribution >= 0.6 is 0 Å². The molecule has 27 heavy (non-hydrogen) atoms. The van der Waals surface area contributed by atoms with Crippen molar-refractivity contribution in [3.8, 4) is 0 Å². The van der Waals surface area contributed by atoms with E-state index in [4.69, 9.17) is 4.74 Å². The van der Waals surface area contributed by atoms with Gasteiger partial charge in [-0.2, -0.15) is 0 Å². The van der Waals surface area contributed by atoms with Gasteiger partial charge in [0.05, 0.1) is 12.7 Å². The van der Waals surface area contributed by atoms with E-state index in [1.165, 1.54) is 28.1 Å². The average molecular weight is 357 g/mol. The lowest BCUT2D eigenvalue weighted by molar-refractivity contribution is -0.0187. The molecule has 0 unspecified atom stereocenters. The molecular weight excluding hydrogens is 330 g/mol. The van der Waals surface area contributed by atoms with Gasteiger partial charge in [0.1, 0.15) is 0 Å². The summed E-state index contributed by atoms with van der Waals surface area (Å²) in [7, 11) is 0. The number of hydrogen-bond acceptors (Lipinski definition) is 2. The second kappa shape index (κ2) is 7.98. The van der Waals surface area contributed by atoms with Crippen LogP contribution in [0.1, 0.15) is 29.5 Å². The van der Waals surface area contributed by atoms with Crippen LogP contribution < -0.4 is 4.90 Å². The van der Waals surface area contributed by atoms with Gasteiger partial charge in [0.15, 0.2) is 0 Å². The van der Waals surface area contributed by atoms with E-state index >= 15 is 0 Å². The summed E-state index contributed by atoms with van der Waals surface area (Å²) in [5.74, 6) is 0. The van der Waals surface area contributed by atoms with Crippen molar-refractivity contribution in [2.75, 3.05) is 4.90 Å². The molecule has 0 spiro atoms. The fourth-order valence-corrected chi connectivity index (χ4v) is 3.86. The molecule has 138 valence electrons. The first kappa shape index (κ1) is 17.8. The first-order valence-electron chi connectivity index (χ1n) is 9.78. The number of nitrogens with zero attached hydrogens (tertiary/aromatic N) is 1. The van der Waals surface area contributed by atoms with Gasteiger partial charge in [-0.05, 0) is 55.5 Å². The number of aryl methyl sites for hydroxylation is 2. The van der Waals surface area contributed by atoms with Crippen LogP contribution in [0.3, 0.4) is 0 Å². The minimum absolute atomic E-state index is 0.339. The molecule has 2 nitrogen and oxygen atoms in total. The van der Waals surface area contributed by atoms with Gasteiger partial charge >= 0.3 is 0 Å². The summed E-state index contributed by atoms with van der Waals surface area (Å²) in [6, 6.07) is 28.3. The lowest BCUT2D eigenvalue weighted by Crippen LogP contribution is -2.46. The molecule has 1 aliphatic rings. The highest BCUT2D eigenvalue weighted by atomic mass is 16.5. The normalized spacial score (nSPS) is 18.7. The molecule has 0 N–H and O–H groups in total. The number of benzene rings is 3. The standard InChI is InChI=1S/C25H27NO/c1-19-10-6-8-14-24(19)26(25-15-9-7-11-20(25)2)22-16-23(17-22)27-18-21-12-4-3-5-13-21/h3-15,22-23H,16-18H2,1-2H3. The van der Waals surface area contributed by atoms with Crippen LogP contribution in [0.2, 0.25) is 0 Å². The summed E-state index contributed by atoms with van der Waals surface area (Å²) in [6.07, 6.45) is 2.47. The maximum atomic E-state index is 6.15. The second-order valence-electron chi connectivity index (χ2n) is 7.49. The predicted molar refractivity (Wildman–Crippen MR) is 113 cm³/mol. The first-order valence-corrected chi connectivity index (χ1v) is 9.78. The van der Waals surface area contributed by atoms with E-state index in [9.17, 15) is 0 Å². The SMILES string of the molecule is Cc1ccccc1N(c1ccccc1C)C1CC(OCc2ccccc2)C1. The molecule has 0 heterocycles. The van der Waals surface area contributed by atoms with Crippen LogP contribution in [0.4, 0.5) is 11.4 Å². The number of rotatable bonds is 6. The molecule has 0 saturated heterocycles. The zero-order valence-electron chi connectivity index (χ0n) is 16.1. The summed E-state index contributed by atoms with van der Waals surface area (Å²) in [4.78, 5) is 2.52. The van der Waals surface area contributed by atoms with Crippen molar-refractivity contribution in [1.29, 1.82) is 0 Å². The van der Waals surface area contributed by atoms with Crippen LogP contribution in [0.25, 0.3) is 0 Å². The molecule has 0 radical (unpaired) electrons. The van der Waals surface area contributed by atoms with Crippen molar-refractivity contribution < 1.29 is 4.74 Å². The molecule has 0 aromatic heterocycles. The van der Waals surface area contributed by atoms with Gasteiger partial charge in [0.25, 0.3) is 0 Å². The Morgan fingerprint density at radius 1 is 0.741 bits per heavy atom. The molecule has 2 heteroatoms. The molecular formula is C25H27NO. The zero-order chi connectivity index (χ0) is 18.6. The summed E-state index contributed by atoms with van der Waals surface area (Å²) in [5.41, 5.74) is 6.48. The number of hydrogen-bond donors (Lipinski definition) is 0. The summed E-state index contributed by atoms with van der Waals surface area (Å²) in [6.45, 7) is 5.10. The number of anilines is 2. The van der Waals surface area contributed by atoms with Crippen LogP contribution in [-0.2, 0) is 11.3 Å². The average Bonchev–Trinajstić information content (AvgIpc) is 2.66. The van der Waals surface area contributed by atoms with Crippen molar-refractivity contribution in [2.24, 2.45) is 0 Å². The van der Waals surface area contributed by atoms with Gasteiger partial charge in [-0.15, -0.1) is 0 Å². The van der Waals surface area contributed by atoms with E-state index in [1.54, 1.807) is 0 Å². The number of ether oxygens (including phenoxy) is 1. The predicted octanol–water partition coefficient (Wildman–Crippen LogP) is 6.19. The Bertz CT molecular complexity index is 838. The maximum Gasteiger partial charge on any atom is 0.0720 e. The molecule has 0 amide bonds. The summed E-state index contributed by atoms with van der Waals surface area (Å²) >= 11 is 0. The van der Waals surface area contributed by atoms with Crippen LogP contribution in [0.5, 0.6) is 0 Å². The highest BCUT2D eigenvalue weighted by Gasteiger charge is 2.36. The van der Waals surface area contributed by atoms with Gasteiger partial charge in [-0.1, -0.05) is 66.7 Å². The first-order chi connectivity index (χ1) is 13.2. The Hall–Kier alpha value is -2.58. The highest BCUT2D eigenvalue weighted by Crippen LogP contribution is 2.40. The fraction of sp³-hybridized carbons (Fsp3) is 0.280. The molecule has 3 aromatic carbocycles. The quantitative estimate of drug-likeness (QED) is 0.521. The van der Waals surface area contributed by atoms with E-state index in [1.807, 2.05) is 6.07 Å². The Morgan fingerprint density at radius 2 is 1.26 bits per heavy atom. The molecule has 0 atom stereocenters. The van der Waals surface area contributed by atoms with Gasteiger partial charge in [-0.3, -0.25) is 0 Å². The summed E-state index contributed by atoms with van der Waals surface area (Å²) < 4.78 is 6.15. The topological polar surface area (TPSA) is 12.5 Å². The molecule has 0 aliphatic heterocycles. The van der Waals surface area contributed by atoms with Crippen molar-refractivity contribution >= 4 is 11.4 Å². The van der Waals surface area contributed by atoms with Gasteiger partial charge in [0, 0.05) is 17.4 Å². The maximum absolute atomic E-state index is 6.15.